The summed E-state index contributed by atoms with van der Waals surface area (Å²) >= 11 is 12.0. The second kappa shape index (κ2) is 9.46. The van der Waals surface area contributed by atoms with E-state index in [0.29, 0.717) is 22.3 Å². The van der Waals surface area contributed by atoms with Gasteiger partial charge in [0.1, 0.15) is 17.9 Å². The van der Waals surface area contributed by atoms with E-state index in [1.54, 1.807) is 49.4 Å². The van der Waals surface area contributed by atoms with Crippen molar-refractivity contribution in [1.82, 2.24) is 5.32 Å². The maximum Gasteiger partial charge on any atom is 0.342 e. The maximum absolute atomic E-state index is 12.4. The molecule has 0 bridgehead atoms. The Bertz CT molecular complexity index is 795. The normalized spacial score (nSPS) is 11.5. The first-order chi connectivity index (χ1) is 12.4. The summed E-state index contributed by atoms with van der Waals surface area (Å²) in [6, 6.07) is 11.7. The Morgan fingerprint density at radius 3 is 2.58 bits per heavy atom. The van der Waals surface area contributed by atoms with E-state index in [1.807, 2.05) is 0 Å². The molecule has 0 spiro atoms. The van der Waals surface area contributed by atoms with Crippen molar-refractivity contribution < 1.29 is 19.1 Å². The zero-order chi connectivity index (χ0) is 19.1. The quantitative estimate of drug-likeness (QED) is 0.711. The number of esters is 1. The third-order valence-electron chi connectivity index (χ3n) is 3.51. The summed E-state index contributed by atoms with van der Waals surface area (Å²) in [5.41, 5.74) is 0.962. The van der Waals surface area contributed by atoms with Crippen LogP contribution in [0, 0.1) is 0 Å². The van der Waals surface area contributed by atoms with Gasteiger partial charge in [0.15, 0.2) is 6.10 Å². The molecule has 1 N–H and O–H groups in total. The molecular formula is C19H19Cl2NO4. The van der Waals surface area contributed by atoms with Gasteiger partial charge in [-0.3, -0.25) is 4.79 Å². The second-order valence-corrected chi connectivity index (χ2v) is 6.31. The number of benzene rings is 2. The van der Waals surface area contributed by atoms with Crippen molar-refractivity contribution in [2.75, 3.05) is 6.54 Å². The Hall–Kier alpha value is -2.24. The predicted octanol–water partition coefficient (Wildman–Crippen LogP) is 4.25. The number of amides is 1. The summed E-state index contributed by atoms with van der Waals surface area (Å²) in [4.78, 5) is 24.1. The molecule has 0 radical (unpaired) electrons. The van der Waals surface area contributed by atoms with Gasteiger partial charge in [0, 0.05) is 22.2 Å². The maximum atomic E-state index is 12.4. The lowest BCUT2D eigenvalue weighted by atomic mass is 10.2. The Kier molecular flexibility index (Phi) is 7.30. The van der Waals surface area contributed by atoms with Gasteiger partial charge in [-0.15, -0.1) is 0 Å². The molecular weight excluding hydrogens is 377 g/mol. The number of para-hydroxylation sites is 1. The van der Waals surface area contributed by atoms with E-state index in [0.717, 1.165) is 5.56 Å². The number of hydrogen-bond acceptors (Lipinski definition) is 4. The van der Waals surface area contributed by atoms with E-state index in [1.165, 1.54) is 6.92 Å². The van der Waals surface area contributed by atoms with E-state index in [2.05, 4.69) is 5.32 Å². The number of carbonyl (C=O) groups is 2. The number of halogens is 2. The molecule has 0 aliphatic heterocycles. The number of hydrogen-bond donors (Lipinski definition) is 1. The Labute approximate surface area is 162 Å². The number of nitrogens with one attached hydrogen (secondary N) is 1. The van der Waals surface area contributed by atoms with Crippen molar-refractivity contribution in [2.45, 2.75) is 26.6 Å². The summed E-state index contributed by atoms with van der Waals surface area (Å²) in [5, 5.41) is 3.61. The van der Waals surface area contributed by atoms with E-state index in [-0.39, 0.29) is 18.1 Å². The molecule has 0 saturated carbocycles. The van der Waals surface area contributed by atoms with Crippen molar-refractivity contribution >= 4 is 35.1 Å². The topological polar surface area (TPSA) is 64.6 Å². The van der Waals surface area contributed by atoms with Gasteiger partial charge in [-0.1, -0.05) is 41.4 Å². The summed E-state index contributed by atoms with van der Waals surface area (Å²) in [6.45, 7) is 3.92. The molecule has 0 aliphatic rings. The van der Waals surface area contributed by atoms with Crippen LogP contribution >= 0.6 is 23.2 Å². The molecule has 1 amide bonds. The van der Waals surface area contributed by atoms with Crippen LogP contribution in [0.1, 0.15) is 29.8 Å². The molecule has 2 aromatic carbocycles. The lowest BCUT2D eigenvalue weighted by Crippen LogP contribution is -2.35. The van der Waals surface area contributed by atoms with Gasteiger partial charge in [0.25, 0.3) is 5.91 Å². The number of ether oxygens (including phenoxy) is 2. The van der Waals surface area contributed by atoms with Crippen molar-refractivity contribution in [3.05, 3.63) is 63.6 Å². The smallest absolute Gasteiger partial charge is 0.342 e. The van der Waals surface area contributed by atoms with Crippen LogP contribution in [-0.4, -0.2) is 24.5 Å². The Balaban J connectivity index is 2.09. The van der Waals surface area contributed by atoms with Crippen molar-refractivity contribution in [3.8, 4) is 5.75 Å². The molecule has 0 fully saturated rings. The summed E-state index contributed by atoms with van der Waals surface area (Å²) < 4.78 is 10.9. The van der Waals surface area contributed by atoms with Crippen LogP contribution in [-0.2, 0) is 16.1 Å². The van der Waals surface area contributed by atoms with Gasteiger partial charge in [0.05, 0.1) is 0 Å². The molecule has 5 nitrogen and oxygen atoms in total. The lowest BCUT2D eigenvalue weighted by molar-refractivity contribution is -0.128. The van der Waals surface area contributed by atoms with Gasteiger partial charge in [-0.2, -0.15) is 0 Å². The monoisotopic (exact) mass is 395 g/mol. The fourth-order valence-electron chi connectivity index (χ4n) is 2.15. The first-order valence-corrected chi connectivity index (χ1v) is 8.82. The van der Waals surface area contributed by atoms with E-state index in [9.17, 15) is 9.59 Å². The first-order valence-electron chi connectivity index (χ1n) is 8.06. The third-order valence-corrected chi connectivity index (χ3v) is 4.10. The standard InChI is InChI=1S/C19H19Cl2NO4/c1-3-22-18(23)12(2)26-19(24)15-6-4-5-7-17(15)25-11-13-8-9-14(20)10-16(13)21/h4-10,12H,3,11H2,1-2H3,(H,22,23)/t12-/m0/s1. The first kappa shape index (κ1) is 20.1. The molecule has 2 rings (SSSR count). The molecule has 0 aliphatic carbocycles. The predicted molar refractivity (Wildman–Crippen MR) is 101 cm³/mol. The molecule has 0 aromatic heterocycles. The lowest BCUT2D eigenvalue weighted by Gasteiger charge is -2.15. The highest BCUT2D eigenvalue weighted by molar-refractivity contribution is 6.35. The molecule has 7 heteroatoms. The van der Waals surface area contributed by atoms with Crippen LogP contribution < -0.4 is 10.1 Å². The highest BCUT2D eigenvalue weighted by Crippen LogP contribution is 2.25. The van der Waals surface area contributed by atoms with Crippen LogP contribution in [0.3, 0.4) is 0 Å². The number of carbonyl (C=O) groups excluding carboxylic acids is 2. The SMILES string of the molecule is CCNC(=O)[C@H](C)OC(=O)c1ccccc1OCc1ccc(Cl)cc1Cl. The van der Waals surface area contributed by atoms with Crippen LogP contribution in [0.15, 0.2) is 42.5 Å². The molecule has 26 heavy (non-hydrogen) atoms. The fraction of sp³-hybridized carbons (Fsp3) is 0.263. The van der Waals surface area contributed by atoms with Gasteiger partial charge in [0.2, 0.25) is 0 Å². The van der Waals surface area contributed by atoms with Gasteiger partial charge < -0.3 is 14.8 Å². The van der Waals surface area contributed by atoms with Crippen molar-refractivity contribution in [3.63, 3.8) is 0 Å². The van der Waals surface area contributed by atoms with E-state index < -0.39 is 12.1 Å². The molecule has 0 unspecified atom stereocenters. The summed E-state index contributed by atoms with van der Waals surface area (Å²) in [5.74, 6) is -0.652. The largest absolute Gasteiger partial charge is 0.488 e. The number of rotatable bonds is 7. The molecule has 2 aromatic rings. The number of likely N-dealkylation sites (N-methyl/N-ethyl adjacent to an activating group) is 1. The Morgan fingerprint density at radius 1 is 1.15 bits per heavy atom. The molecule has 0 saturated heterocycles. The molecule has 138 valence electrons. The minimum atomic E-state index is -0.902. The highest BCUT2D eigenvalue weighted by Gasteiger charge is 2.21. The van der Waals surface area contributed by atoms with Crippen LogP contribution in [0.25, 0.3) is 0 Å². The summed E-state index contributed by atoms with van der Waals surface area (Å²) in [7, 11) is 0. The average molecular weight is 396 g/mol. The zero-order valence-corrected chi connectivity index (χ0v) is 15.9. The minimum absolute atomic E-state index is 0.159. The van der Waals surface area contributed by atoms with Crippen molar-refractivity contribution in [1.29, 1.82) is 0 Å². The molecule has 1 atom stereocenters. The van der Waals surface area contributed by atoms with E-state index in [4.69, 9.17) is 32.7 Å². The zero-order valence-electron chi connectivity index (χ0n) is 14.4. The van der Waals surface area contributed by atoms with Gasteiger partial charge >= 0.3 is 5.97 Å². The van der Waals surface area contributed by atoms with Crippen molar-refractivity contribution in [2.24, 2.45) is 0 Å². The van der Waals surface area contributed by atoms with E-state index >= 15 is 0 Å². The fourth-order valence-corrected chi connectivity index (χ4v) is 2.61. The average Bonchev–Trinajstić information content (AvgIpc) is 2.61. The highest BCUT2D eigenvalue weighted by atomic mass is 35.5. The Morgan fingerprint density at radius 2 is 1.88 bits per heavy atom. The van der Waals surface area contributed by atoms with Crippen LogP contribution in [0.4, 0.5) is 0 Å². The van der Waals surface area contributed by atoms with Crippen LogP contribution in [0.2, 0.25) is 10.0 Å². The second-order valence-electron chi connectivity index (χ2n) is 5.46. The minimum Gasteiger partial charge on any atom is -0.488 e. The van der Waals surface area contributed by atoms with Gasteiger partial charge in [-0.05, 0) is 38.1 Å². The van der Waals surface area contributed by atoms with Crippen LogP contribution in [0.5, 0.6) is 5.75 Å². The third kappa shape index (κ3) is 5.38. The molecule has 0 heterocycles. The van der Waals surface area contributed by atoms with Gasteiger partial charge in [-0.25, -0.2) is 4.79 Å². The summed E-state index contributed by atoms with van der Waals surface area (Å²) in [6.07, 6.45) is -0.902.